The highest BCUT2D eigenvalue weighted by Gasteiger charge is 2.33. The molecule has 3 rings (SSSR count). The molecule has 4 heteroatoms. The molecule has 0 radical (unpaired) electrons. The first-order valence-electron chi connectivity index (χ1n) is 7.08. The van der Waals surface area contributed by atoms with E-state index in [2.05, 4.69) is 18.1 Å². The fraction of sp³-hybridized carbons (Fsp3) is 0.438. The molecule has 1 aromatic heterocycles. The fourth-order valence-corrected chi connectivity index (χ4v) is 2.77. The number of nitrogens with two attached hydrogens (primary N) is 1. The Hall–Kier alpha value is -1.97. The quantitative estimate of drug-likeness (QED) is 0.929. The molecule has 0 saturated heterocycles. The summed E-state index contributed by atoms with van der Waals surface area (Å²) in [5.41, 5.74) is 9.50. The van der Waals surface area contributed by atoms with Crippen LogP contribution in [0.3, 0.4) is 0 Å². The Labute approximate surface area is 119 Å². The molecule has 4 nitrogen and oxygen atoms in total. The molecule has 1 aromatic carbocycles. The van der Waals surface area contributed by atoms with Gasteiger partial charge in [-0.3, -0.25) is 4.68 Å². The van der Waals surface area contributed by atoms with Gasteiger partial charge in [-0.25, -0.2) is 0 Å². The van der Waals surface area contributed by atoms with E-state index >= 15 is 0 Å². The van der Waals surface area contributed by atoms with Gasteiger partial charge in [0.05, 0.1) is 12.8 Å². The summed E-state index contributed by atoms with van der Waals surface area (Å²) in [7, 11) is 3.58. The van der Waals surface area contributed by atoms with Crippen molar-refractivity contribution in [2.24, 2.45) is 13.0 Å². The maximum Gasteiger partial charge on any atom is 0.129 e. The molecule has 1 unspecified atom stereocenters. The second-order valence-corrected chi connectivity index (χ2v) is 5.63. The van der Waals surface area contributed by atoms with Gasteiger partial charge in [0.15, 0.2) is 0 Å². The van der Waals surface area contributed by atoms with E-state index < -0.39 is 0 Å². The number of benzene rings is 1. The third-order valence-corrected chi connectivity index (χ3v) is 4.24. The SMILES string of the molecule is COc1cccc(-c2c(C(C)C3CC3)nn(C)c2N)c1. The Morgan fingerprint density at radius 2 is 2.15 bits per heavy atom. The van der Waals surface area contributed by atoms with Crippen LogP contribution in [0.4, 0.5) is 5.82 Å². The Balaban J connectivity index is 2.10. The predicted molar refractivity (Wildman–Crippen MR) is 80.7 cm³/mol. The number of rotatable bonds is 4. The minimum absolute atomic E-state index is 0.458. The van der Waals surface area contributed by atoms with E-state index in [0.29, 0.717) is 5.92 Å². The molecule has 2 N–H and O–H groups in total. The van der Waals surface area contributed by atoms with Gasteiger partial charge in [0.1, 0.15) is 11.6 Å². The van der Waals surface area contributed by atoms with Gasteiger partial charge in [-0.15, -0.1) is 0 Å². The number of nitrogens with zero attached hydrogens (tertiary/aromatic N) is 2. The van der Waals surface area contributed by atoms with Crippen LogP contribution in [0, 0.1) is 5.92 Å². The topological polar surface area (TPSA) is 53.1 Å². The van der Waals surface area contributed by atoms with E-state index in [4.69, 9.17) is 10.5 Å². The van der Waals surface area contributed by atoms with Crippen LogP contribution in [0.5, 0.6) is 5.75 Å². The van der Waals surface area contributed by atoms with Gasteiger partial charge in [0.25, 0.3) is 0 Å². The van der Waals surface area contributed by atoms with Crippen LogP contribution in [-0.2, 0) is 7.05 Å². The maximum absolute atomic E-state index is 6.24. The number of methoxy groups -OCH3 is 1. The molecule has 0 bridgehead atoms. The highest BCUT2D eigenvalue weighted by atomic mass is 16.5. The van der Waals surface area contributed by atoms with Crippen LogP contribution in [0.25, 0.3) is 11.1 Å². The molecule has 0 spiro atoms. The highest BCUT2D eigenvalue weighted by Crippen LogP contribution is 2.45. The van der Waals surface area contributed by atoms with Gasteiger partial charge >= 0.3 is 0 Å². The number of aryl methyl sites for hydroxylation is 1. The van der Waals surface area contributed by atoms with Gasteiger partial charge in [-0.05, 0) is 36.5 Å². The van der Waals surface area contributed by atoms with Crippen molar-refractivity contribution in [3.63, 3.8) is 0 Å². The average Bonchev–Trinajstić information content (AvgIpc) is 3.26. The molecule has 0 aliphatic heterocycles. The normalized spacial score (nSPS) is 16.1. The predicted octanol–water partition coefficient (Wildman–Crippen LogP) is 3.19. The summed E-state index contributed by atoms with van der Waals surface area (Å²) in [6.07, 6.45) is 2.60. The second kappa shape index (κ2) is 4.85. The van der Waals surface area contributed by atoms with Gasteiger partial charge < -0.3 is 10.5 Å². The molecule has 1 heterocycles. The van der Waals surface area contributed by atoms with E-state index in [0.717, 1.165) is 34.3 Å². The molecule has 1 saturated carbocycles. The zero-order valence-electron chi connectivity index (χ0n) is 12.3. The first-order valence-corrected chi connectivity index (χ1v) is 7.08. The van der Waals surface area contributed by atoms with Crippen molar-refractivity contribution in [1.82, 2.24) is 9.78 Å². The van der Waals surface area contributed by atoms with E-state index in [1.54, 1.807) is 11.8 Å². The largest absolute Gasteiger partial charge is 0.497 e. The zero-order valence-corrected chi connectivity index (χ0v) is 12.3. The van der Waals surface area contributed by atoms with Crippen LogP contribution >= 0.6 is 0 Å². The van der Waals surface area contributed by atoms with Crippen molar-refractivity contribution in [2.75, 3.05) is 12.8 Å². The monoisotopic (exact) mass is 271 g/mol. The molecular weight excluding hydrogens is 250 g/mol. The van der Waals surface area contributed by atoms with Crippen LogP contribution < -0.4 is 10.5 Å². The van der Waals surface area contributed by atoms with E-state index in [-0.39, 0.29) is 0 Å². The average molecular weight is 271 g/mol. The molecule has 20 heavy (non-hydrogen) atoms. The van der Waals surface area contributed by atoms with Crippen molar-refractivity contribution in [1.29, 1.82) is 0 Å². The summed E-state index contributed by atoms with van der Waals surface area (Å²) in [5, 5.41) is 4.65. The molecular formula is C16H21N3O. The van der Waals surface area contributed by atoms with Crippen molar-refractivity contribution in [2.45, 2.75) is 25.7 Å². The van der Waals surface area contributed by atoms with Crippen molar-refractivity contribution in [3.05, 3.63) is 30.0 Å². The summed E-state index contributed by atoms with van der Waals surface area (Å²) < 4.78 is 7.10. The van der Waals surface area contributed by atoms with E-state index in [9.17, 15) is 0 Å². The van der Waals surface area contributed by atoms with Gasteiger partial charge in [0, 0.05) is 18.5 Å². The Kier molecular flexibility index (Phi) is 3.16. The highest BCUT2D eigenvalue weighted by molar-refractivity contribution is 5.78. The van der Waals surface area contributed by atoms with Crippen LogP contribution in [0.2, 0.25) is 0 Å². The lowest BCUT2D eigenvalue weighted by atomic mass is 9.94. The van der Waals surface area contributed by atoms with Gasteiger partial charge in [0.2, 0.25) is 0 Å². The number of aromatic nitrogens is 2. The van der Waals surface area contributed by atoms with Crippen molar-refractivity contribution < 1.29 is 4.74 Å². The number of ether oxygens (including phenoxy) is 1. The van der Waals surface area contributed by atoms with Crippen LogP contribution in [0.1, 0.15) is 31.4 Å². The third kappa shape index (κ3) is 2.15. The molecule has 1 fully saturated rings. The number of nitrogen functional groups attached to an aromatic ring is 1. The number of hydrogen-bond donors (Lipinski definition) is 1. The molecule has 106 valence electrons. The molecule has 1 aliphatic carbocycles. The van der Waals surface area contributed by atoms with Crippen molar-refractivity contribution >= 4 is 5.82 Å². The number of hydrogen-bond acceptors (Lipinski definition) is 3. The zero-order chi connectivity index (χ0) is 14.3. The third-order valence-electron chi connectivity index (χ3n) is 4.24. The molecule has 1 atom stereocenters. The fourth-order valence-electron chi connectivity index (χ4n) is 2.77. The first kappa shape index (κ1) is 13.0. The summed E-state index contributed by atoms with van der Waals surface area (Å²) in [5.74, 6) is 2.78. The summed E-state index contributed by atoms with van der Waals surface area (Å²) in [4.78, 5) is 0. The number of anilines is 1. The van der Waals surface area contributed by atoms with E-state index in [1.165, 1.54) is 12.8 Å². The standard InChI is InChI=1S/C16H21N3O/c1-10(11-7-8-11)15-14(16(17)19(2)18-15)12-5-4-6-13(9-12)20-3/h4-6,9-11H,7-8,17H2,1-3H3. The van der Waals surface area contributed by atoms with Crippen molar-refractivity contribution in [3.8, 4) is 16.9 Å². The second-order valence-electron chi connectivity index (χ2n) is 5.63. The summed E-state index contributed by atoms with van der Waals surface area (Å²) >= 11 is 0. The smallest absolute Gasteiger partial charge is 0.129 e. The van der Waals surface area contributed by atoms with Crippen LogP contribution in [0.15, 0.2) is 24.3 Å². The first-order chi connectivity index (χ1) is 9.61. The molecule has 2 aromatic rings. The summed E-state index contributed by atoms with van der Waals surface area (Å²) in [6, 6.07) is 8.03. The van der Waals surface area contributed by atoms with E-state index in [1.807, 2.05) is 25.2 Å². The maximum atomic E-state index is 6.24. The Morgan fingerprint density at radius 1 is 1.40 bits per heavy atom. The minimum Gasteiger partial charge on any atom is -0.497 e. The Bertz CT molecular complexity index is 629. The lowest BCUT2D eigenvalue weighted by Gasteiger charge is -2.11. The molecule has 0 amide bonds. The lowest BCUT2D eigenvalue weighted by Crippen LogP contribution is -2.00. The Morgan fingerprint density at radius 3 is 2.80 bits per heavy atom. The molecule has 1 aliphatic rings. The van der Waals surface area contributed by atoms with Gasteiger partial charge in [-0.2, -0.15) is 5.10 Å². The lowest BCUT2D eigenvalue weighted by molar-refractivity contribution is 0.415. The van der Waals surface area contributed by atoms with Gasteiger partial charge in [-0.1, -0.05) is 19.1 Å². The van der Waals surface area contributed by atoms with Crippen LogP contribution in [-0.4, -0.2) is 16.9 Å². The summed E-state index contributed by atoms with van der Waals surface area (Å²) in [6.45, 7) is 2.25. The minimum atomic E-state index is 0.458.